The first kappa shape index (κ1) is 27.3. The largest absolute Gasteiger partial charge is 0.508 e. The number of hydrogen-bond acceptors (Lipinski definition) is 13. The van der Waals surface area contributed by atoms with Crippen LogP contribution in [0, 0.1) is 0 Å². The Morgan fingerprint density at radius 1 is 0.846 bits per heavy atom. The first-order chi connectivity index (χ1) is 18.5. The molecule has 2 aromatic carbocycles. The van der Waals surface area contributed by atoms with Crippen molar-refractivity contribution in [2.45, 2.75) is 62.0 Å². The summed E-state index contributed by atoms with van der Waals surface area (Å²) in [4.78, 5) is 12.9. The molecular formula is C26H28O13. The molecule has 0 amide bonds. The van der Waals surface area contributed by atoms with Crippen molar-refractivity contribution in [3.8, 4) is 28.6 Å². The van der Waals surface area contributed by atoms with Crippen LogP contribution in [0.5, 0.6) is 17.2 Å². The number of fused-ring (bicyclic) bond motifs is 1. The van der Waals surface area contributed by atoms with Gasteiger partial charge < -0.3 is 59.5 Å². The summed E-state index contributed by atoms with van der Waals surface area (Å²) in [5.41, 5.74) is -0.780. The van der Waals surface area contributed by atoms with E-state index in [4.69, 9.17) is 18.6 Å². The molecule has 3 unspecified atom stereocenters. The number of ether oxygens (including phenoxy) is 3. The third-order valence-electron chi connectivity index (χ3n) is 7.03. The highest BCUT2D eigenvalue weighted by Gasteiger charge is 2.47. The Morgan fingerprint density at radius 3 is 2.23 bits per heavy atom. The quantitative estimate of drug-likeness (QED) is 0.208. The highest BCUT2D eigenvalue weighted by Crippen LogP contribution is 2.43. The van der Waals surface area contributed by atoms with E-state index in [0.717, 1.165) is 12.1 Å². The van der Waals surface area contributed by atoms with E-state index in [-0.39, 0.29) is 28.0 Å². The first-order valence-corrected chi connectivity index (χ1v) is 12.1. The van der Waals surface area contributed by atoms with Gasteiger partial charge >= 0.3 is 0 Å². The number of benzene rings is 2. The van der Waals surface area contributed by atoms with Gasteiger partial charge in [0.25, 0.3) is 0 Å². The fourth-order valence-corrected chi connectivity index (χ4v) is 4.83. The van der Waals surface area contributed by atoms with Crippen molar-refractivity contribution >= 4 is 11.0 Å². The molecule has 3 aromatic rings. The van der Waals surface area contributed by atoms with Crippen molar-refractivity contribution in [2.75, 3.05) is 6.61 Å². The van der Waals surface area contributed by atoms with Gasteiger partial charge in [0.15, 0.2) is 17.3 Å². The third kappa shape index (κ3) is 4.83. The number of hydrogen-bond donors (Lipinski definition) is 8. The van der Waals surface area contributed by atoms with Crippen molar-refractivity contribution in [2.24, 2.45) is 0 Å². The average Bonchev–Trinajstić information content (AvgIpc) is 2.89. The molecule has 0 bridgehead atoms. The number of aromatic hydroxyl groups is 3. The first-order valence-electron chi connectivity index (χ1n) is 12.1. The van der Waals surface area contributed by atoms with Gasteiger partial charge in [0.1, 0.15) is 71.1 Å². The summed E-state index contributed by atoms with van der Waals surface area (Å²) in [6.07, 6.45) is -13.1. The second-order valence-corrected chi connectivity index (χ2v) is 9.65. The molecule has 2 fully saturated rings. The summed E-state index contributed by atoms with van der Waals surface area (Å²) in [6, 6.07) is 7.72. The fraction of sp³-hybridized carbons (Fsp3) is 0.423. The Kier molecular flexibility index (Phi) is 7.26. The van der Waals surface area contributed by atoms with Crippen LogP contribution in [-0.2, 0) is 14.2 Å². The summed E-state index contributed by atoms with van der Waals surface area (Å²) >= 11 is 0. The lowest BCUT2D eigenvalue weighted by Crippen LogP contribution is -2.60. The summed E-state index contributed by atoms with van der Waals surface area (Å²) in [5, 5.41) is 82.3. The standard InChI is InChI=1S/C26H28O13/c1-9-19(31)21(33)23(35)26(37-9)39-16-8-36-25(22(34)20(16)32)18-13(29)6-12(28)17-14(30)7-15(38-24(17)18)10-2-4-11(27)5-3-10/h2-7,9,16,19-23,25-29,31-35H,8H2,1H3/t9?,16-,19-,20-,21?,22?,23-,25-,26-/m0/s1. The molecule has 8 N–H and O–H groups in total. The van der Waals surface area contributed by atoms with E-state index in [2.05, 4.69) is 0 Å². The number of aliphatic hydroxyl groups excluding tert-OH is 5. The molecule has 1 aromatic heterocycles. The summed E-state index contributed by atoms with van der Waals surface area (Å²) < 4.78 is 22.6. The number of aliphatic hydroxyl groups is 5. The summed E-state index contributed by atoms with van der Waals surface area (Å²) in [5.74, 6) is -1.15. The fourth-order valence-electron chi connectivity index (χ4n) is 4.83. The molecule has 210 valence electrons. The maximum atomic E-state index is 12.9. The van der Waals surface area contributed by atoms with E-state index in [9.17, 15) is 45.6 Å². The van der Waals surface area contributed by atoms with Gasteiger partial charge in [0, 0.05) is 17.7 Å². The Bertz CT molecular complexity index is 1400. The number of rotatable bonds is 4. The zero-order valence-corrected chi connectivity index (χ0v) is 20.5. The predicted molar refractivity (Wildman–Crippen MR) is 131 cm³/mol. The lowest BCUT2D eigenvalue weighted by Gasteiger charge is -2.43. The molecule has 0 aliphatic carbocycles. The Labute approximate surface area is 220 Å². The van der Waals surface area contributed by atoms with Crippen molar-refractivity contribution in [3.63, 3.8) is 0 Å². The normalized spacial score (nSPS) is 33.3. The van der Waals surface area contributed by atoms with Crippen LogP contribution in [-0.4, -0.2) is 96.5 Å². The van der Waals surface area contributed by atoms with E-state index in [0.29, 0.717) is 5.56 Å². The molecule has 5 rings (SSSR count). The van der Waals surface area contributed by atoms with Gasteiger partial charge in [-0.25, -0.2) is 0 Å². The lowest BCUT2D eigenvalue weighted by molar-refractivity contribution is -0.326. The summed E-state index contributed by atoms with van der Waals surface area (Å²) in [6.45, 7) is 1.06. The molecular weight excluding hydrogens is 520 g/mol. The van der Waals surface area contributed by atoms with E-state index in [1.165, 1.54) is 31.2 Å². The van der Waals surface area contributed by atoms with Crippen LogP contribution in [0.3, 0.4) is 0 Å². The maximum Gasteiger partial charge on any atom is 0.197 e. The average molecular weight is 548 g/mol. The zero-order chi connectivity index (χ0) is 28.2. The number of phenols is 3. The predicted octanol–water partition coefficient (Wildman–Crippen LogP) is -0.417. The van der Waals surface area contributed by atoms with Crippen LogP contribution < -0.4 is 5.43 Å². The molecule has 0 radical (unpaired) electrons. The highest BCUT2D eigenvalue weighted by atomic mass is 16.7. The zero-order valence-electron chi connectivity index (χ0n) is 20.5. The maximum absolute atomic E-state index is 12.9. The monoisotopic (exact) mass is 548 g/mol. The Balaban J connectivity index is 1.48. The smallest absolute Gasteiger partial charge is 0.197 e. The second kappa shape index (κ2) is 10.4. The van der Waals surface area contributed by atoms with Crippen molar-refractivity contribution in [1.29, 1.82) is 0 Å². The molecule has 0 saturated carbocycles. The molecule has 0 spiro atoms. The minimum Gasteiger partial charge on any atom is -0.508 e. The van der Waals surface area contributed by atoms with Gasteiger partial charge in [0.05, 0.1) is 18.3 Å². The van der Waals surface area contributed by atoms with E-state index in [1.807, 2.05) is 0 Å². The van der Waals surface area contributed by atoms with Crippen molar-refractivity contribution < 1.29 is 59.5 Å². The molecule has 9 atom stereocenters. The Hall–Kier alpha value is -3.27. The SMILES string of the molecule is CC1O[C@@H](O[C@H]2CO[C@@H](c3c(O)cc(O)c4c(=O)cc(-c5ccc(O)cc5)oc34)C(O)[C@H]2O)[C@@H](O)C(O)[C@H]1O. The van der Waals surface area contributed by atoms with Gasteiger partial charge in [-0.15, -0.1) is 0 Å². The van der Waals surface area contributed by atoms with Gasteiger partial charge in [0.2, 0.25) is 0 Å². The molecule has 13 nitrogen and oxygen atoms in total. The van der Waals surface area contributed by atoms with E-state index in [1.54, 1.807) is 0 Å². The second-order valence-electron chi connectivity index (χ2n) is 9.65. The van der Waals surface area contributed by atoms with Crippen molar-refractivity contribution in [1.82, 2.24) is 0 Å². The van der Waals surface area contributed by atoms with Crippen LogP contribution in [0.4, 0.5) is 0 Å². The van der Waals surface area contributed by atoms with Gasteiger partial charge in [-0.05, 0) is 31.2 Å². The Morgan fingerprint density at radius 2 is 1.54 bits per heavy atom. The molecule has 2 aliphatic rings. The van der Waals surface area contributed by atoms with Crippen LogP contribution >= 0.6 is 0 Å². The van der Waals surface area contributed by atoms with Crippen LogP contribution in [0.15, 0.2) is 45.6 Å². The third-order valence-corrected chi connectivity index (χ3v) is 7.03. The van der Waals surface area contributed by atoms with Crippen LogP contribution in [0.1, 0.15) is 18.6 Å². The molecule has 2 aliphatic heterocycles. The van der Waals surface area contributed by atoms with Crippen molar-refractivity contribution in [3.05, 3.63) is 52.2 Å². The van der Waals surface area contributed by atoms with Crippen LogP contribution in [0.2, 0.25) is 0 Å². The van der Waals surface area contributed by atoms with E-state index < -0.39 is 78.7 Å². The van der Waals surface area contributed by atoms with Gasteiger partial charge in [-0.1, -0.05) is 0 Å². The molecule has 2 saturated heterocycles. The van der Waals surface area contributed by atoms with E-state index >= 15 is 0 Å². The van der Waals surface area contributed by atoms with Gasteiger partial charge in [-0.3, -0.25) is 4.79 Å². The minimum atomic E-state index is -1.77. The molecule has 13 heteroatoms. The topological polar surface area (TPSA) is 220 Å². The highest BCUT2D eigenvalue weighted by molar-refractivity contribution is 5.89. The number of phenolic OH excluding ortho intramolecular Hbond substituents is 3. The van der Waals surface area contributed by atoms with Crippen LogP contribution in [0.25, 0.3) is 22.3 Å². The lowest BCUT2D eigenvalue weighted by atomic mass is 9.92. The summed E-state index contributed by atoms with van der Waals surface area (Å²) in [7, 11) is 0. The van der Waals surface area contributed by atoms with Gasteiger partial charge in [-0.2, -0.15) is 0 Å². The molecule has 3 heterocycles. The minimum absolute atomic E-state index is 0.0198. The molecule has 39 heavy (non-hydrogen) atoms.